The molecule has 1 aliphatic carbocycles. The summed E-state index contributed by atoms with van der Waals surface area (Å²) in [4.78, 5) is 4.90. The van der Waals surface area contributed by atoms with Crippen molar-refractivity contribution in [2.24, 2.45) is 11.8 Å². The molecule has 4 heteroatoms. The standard InChI is InChI=1S/C11H24N4/c1-14-5-6-15(2)10(8-14)7-11(13-12)9-3-4-9/h9-11,13H,3-8,12H2,1-2H3. The molecular weight excluding hydrogens is 188 g/mol. The van der Waals surface area contributed by atoms with Gasteiger partial charge in [-0.05, 0) is 39.3 Å². The van der Waals surface area contributed by atoms with Gasteiger partial charge in [0.25, 0.3) is 0 Å². The summed E-state index contributed by atoms with van der Waals surface area (Å²) < 4.78 is 0. The van der Waals surface area contributed by atoms with E-state index in [1.807, 2.05) is 0 Å². The molecule has 2 rings (SSSR count). The Morgan fingerprint density at radius 3 is 2.67 bits per heavy atom. The highest BCUT2D eigenvalue weighted by molar-refractivity contribution is 4.90. The molecule has 0 aromatic heterocycles. The lowest BCUT2D eigenvalue weighted by Gasteiger charge is -2.39. The molecule has 88 valence electrons. The molecule has 0 radical (unpaired) electrons. The summed E-state index contributed by atoms with van der Waals surface area (Å²) in [7, 11) is 4.44. The summed E-state index contributed by atoms with van der Waals surface area (Å²) in [5.74, 6) is 6.47. The predicted molar refractivity (Wildman–Crippen MR) is 62.4 cm³/mol. The maximum absolute atomic E-state index is 5.63. The molecule has 0 aromatic rings. The first-order valence-corrected chi connectivity index (χ1v) is 6.05. The third kappa shape index (κ3) is 2.91. The monoisotopic (exact) mass is 212 g/mol. The molecule has 0 amide bonds. The maximum Gasteiger partial charge on any atom is 0.0254 e. The molecule has 0 spiro atoms. The van der Waals surface area contributed by atoms with Gasteiger partial charge in [-0.3, -0.25) is 11.3 Å². The van der Waals surface area contributed by atoms with E-state index in [-0.39, 0.29) is 0 Å². The number of nitrogens with one attached hydrogen (secondary N) is 1. The fourth-order valence-corrected chi connectivity index (χ4v) is 2.54. The van der Waals surface area contributed by atoms with Crippen LogP contribution in [0, 0.1) is 5.92 Å². The molecule has 2 atom stereocenters. The highest BCUT2D eigenvalue weighted by Gasteiger charge is 2.34. The van der Waals surface area contributed by atoms with Crippen molar-refractivity contribution in [1.82, 2.24) is 15.2 Å². The van der Waals surface area contributed by atoms with Gasteiger partial charge in [0.05, 0.1) is 0 Å². The minimum atomic E-state index is 0.531. The minimum Gasteiger partial charge on any atom is -0.304 e. The van der Waals surface area contributed by atoms with Gasteiger partial charge in [0, 0.05) is 31.7 Å². The Morgan fingerprint density at radius 1 is 1.33 bits per heavy atom. The predicted octanol–water partition coefficient (Wildman–Crippen LogP) is -0.136. The van der Waals surface area contributed by atoms with Crippen LogP contribution in [0.4, 0.5) is 0 Å². The van der Waals surface area contributed by atoms with Crippen LogP contribution in [0.5, 0.6) is 0 Å². The number of nitrogens with zero attached hydrogens (tertiary/aromatic N) is 2. The van der Waals surface area contributed by atoms with E-state index < -0.39 is 0 Å². The largest absolute Gasteiger partial charge is 0.304 e. The van der Waals surface area contributed by atoms with E-state index in [1.54, 1.807) is 0 Å². The molecule has 2 unspecified atom stereocenters. The van der Waals surface area contributed by atoms with Gasteiger partial charge in [-0.25, -0.2) is 0 Å². The first kappa shape index (κ1) is 11.3. The van der Waals surface area contributed by atoms with Gasteiger partial charge in [0.1, 0.15) is 0 Å². The van der Waals surface area contributed by atoms with E-state index in [0.717, 1.165) is 5.92 Å². The van der Waals surface area contributed by atoms with Crippen molar-refractivity contribution in [3.8, 4) is 0 Å². The van der Waals surface area contributed by atoms with Crippen LogP contribution in [0.25, 0.3) is 0 Å². The van der Waals surface area contributed by atoms with Gasteiger partial charge in [-0.2, -0.15) is 0 Å². The Morgan fingerprint density at radius 2 is 2.07 bits per heavy atom. The second-order valence-electron chi connectivity index (χ2n) is 5.24. The molecule has 1 saturated carbocycles. The summed E-state index contributed by atoms with van der Waals surface area (Å²) >= 11 is 0. The minimum absolute atomic E-state index is 0.531. The SMILES string of the molecule is CN1CCN(C)C(CC(NN)C2CC2)C1. The Hall–Kier alpha value is -0.160. The zero-order chi connectivity index (χ0) is 10.8. The second-order valence-corrected chi connectivity index (χ2v) is 5.24. The van der Waals surface area contributed by atoms with Crippen LogP contribution in [-0.2, 0) is 0 Å². The van der Waals surface area contributed by atoms with Crippen molar-refractivity contribution in [2.75, 3.05) is 33.7 Å². The molecule has 2 fully saturated rings. The van der Waals surface area contributed by atoms with Crippen LogP contribution in [-0.4, -0.2) is 55.6 Å². The van der Waals surface area contributed by atoms with Gasteiger partial charge < -0.3 is 9.80 Å². The Balaban J connectivity index is 1.84. The molecule has 1 saturated heterocycles. The molecule has 1 heterocycles. The lowest BCUT2D eigenvalue weighted by Crippen LogP contribution is -2.53. The van der Waals surface area contributed by atoms with Crippen LogP contribution in [0.3, 0.4) is 0 Å². The highest BCUT2D eigenvalue weighted by atomic mass is 15.3. The number of nitrogens with two attached hydrogens (primary N) is 1. The smallest absolute Gasteiger partial charge is 0.0254 e. The third-order valence-electron chi connectivity index (χ3n) is 3.91. The van der Waals surface area contributed by atoms with Gasteiger partial charge in [0.15, 0.2) is 0 Å². The zero-order valence-corrected chi connectivity index (χ0v) is 9.95. The molecule has 2 aliphatic rings. The van der Waals surface area contributed by atoms with Crippen LogP contribution in [0.2, 0.25) is 0 Å². The number of likely N-dealkylation sites (N-methyl/N-ethyl adjacent to an activating group) is 2. The van der Waals surface area contributed by atoms with E-state index in [1.165, 1.54) is 38.9 Å². The fraction of sp³-hybridized carbons (Fsp3) is 1.00. The van der Waals surface area contributed by atoms with Crippen molar-refractivity contribution in [3.05, 3.63) is 0 Å². The average Bonchev–Trinajstić information content (AvgIpc) is 3.03. The highest BCUT2D eigenvalue weighted by Crippen LogP contribution is 2.34. The van der Waals surface area contributed by atoms with Gasteiger partial charge in [0.2, 0.25) is 0 Å². The zero-order valence-electron chi connectivity index (χ0n) is 9.95. The fourth-order valence-electron chi connectivity index (χ4n) is 2.54. The van der Waals surface area contributed by atoms with Crippen LogP contribution < -0.4 is 11.3 Å². The normalized spacial score (nSPS) is 31.8. The Bertz CT molecular complexity index is 205. The summed E-state index contributed by atoms with van der Waals surface area (Å²) in [5.41, 5.74) is 3.00. The summed E-state index contributed by atoms with van der Waals surface area (Å²) in [6.07, 6.45) is 3.92. The van der Waals surface area contributed by atoms with Crippen LogP contribution in [0.1, 0.15) is 19.3 Å². The third-order valence-corrected chi connectivity index (χ3v) is 3.91. The molecule has 1 aliphatic heterocycles. The van der Waals surface area contributed by atoms with E-state index in [4.69, 9.17) is 5.84 Å². The van der Waals surface area contributed by atoms with Crippen LogP contribution >= 0.6 is 0 Å². The Kier molecular flexibility index (Phi) is 3.61. The molecule has 4 nitrogen and oxygen atoms in total. The molecule has 0 aromatic carbocycles. The Labute approximate surface area is 92.8 Å². The number of rotatable bonds is 4. The topological polar surface area (TPSA) is 44.5 Å². The number of piperazine rings is 1. The summed E-state index contributed by atoms with van der Waals surface area (Å²) in [5, 5.41) is 0. The quantitative estimate of drug-likeness (QED) is 0.503. The van der Waals surface area contributed by atoms with E-state index in [0.29, 0.717) is 12.1 Å². The van der Waals surface area contributed by atoms with Gasteiger partial charge in [-0.1, -0.05) is 0 Å². The molecular formula is C11H24N4. The number of hydrogen-bond donors (Lipinski definition) is 2. The van der Waals surface area contributed by atoms with Crippen molar-refractivity contribution in [3.63, 3.8) is 0 Å². The second kappa shape index (κ2) is 4.78. The van der Waals surface area contributed by atoms with Crippen molar-refractivity contribution in [2.45, 2.75) is 31.3 Å². The summed E-state index contributed by atoms with van der Waals surface area (Å²) in [6, 6.07) is 1.20. The van der Waals surface area contributed by atoms with Crippen LogP contribution in [0.15, 0.2) is 0 Å². The average molecular weight is 212 g/mol. The van der Waals surface area contributed by atoms with Crippen molar-refractivity contribution >= 4 is 0 Å². The first-order valence-electron chi connectivity index (χ1n) is 6.05. The van der Waals surface area contributed by atoms with E-state index in [2.05, 4.69) is 29.3 Å². The van der Waals surface area contributed by atoms with Crippen molar-refractivity contribution < 1.29 is 0 Å². The summed E-state index contributed by atoms with van der Waals surface area (Å²) in [6.45, 7) is 3.56. The number of hydrogen-bond acceptors (Lipinski definition) is 4. The maximum atomic E-state index is 5.63. The molecule has 3 N–H and O–H groups in total. The number of hydrazine groups is 1. The first-order chi connectivity index (χ1) is 7.20. The molecule has 15 heavy (non-hydrogen) atoms. The van der Waals surface area contributed by atoms with Gasteiger partial charge >= 0.3 is 0 Å². The lowest BCUT2D eigenvalue weighted by atomic mass is 10.0. The van der Waals surface area contributed by atoms with E-state index >= 15 is 0 Å². The molecule has 0 bridgehead atoms. The van der Waals surface area contributed by atoms with Crippen molar-refractivity contribution in [1.29, 1.82) is 0 Å². The van der Waals surface area contributed by atoms with E-state index in [9.17, 15) is 0 Å². The lowest BCUT2D eigenvalue weighted by molar-refractivity contribution is 0.0989. The van der Waals surface area contributed by atoms with Gasteiger partial charge in [-0.15, -0.1) is 0 Å².